The molecule has 1 fully saturated rings. The molecule has 8 nitrogen and oxygen atoms in total. The van der Waals surface area contributed by atoms with Crippen molar-refractivity contribution in [3.8, 4) is 11.1 Å². The molecule has 0 aliphatic carbocycles. The standard InChI is InChI=1S/C26H28N4O4S/c1-16-3-8-24(27-13-16)29-22-9-10-30(15-23(22)31)35(33,34)21-6-4-18(5-7-21)19-11-17(2)25-20(12-19)14-28-26(25)32/h3-8,11-13,22-23,31H,9-10,14-15H2,1-2H3,(H,27,29)(H,28,32)/t22-,23+/m1/s1. The summed E-state index contributed by atoms with van der Waals surface area (Å²) in [4.78, 5) is 16.5. The van der Waals surface area contributed by atoms with Crippen molar-refractivity contribution in [2.24, 2.45) is 0 Å². The number of amides is 1. The third kappa shape index (κ3) is 4.54. The number of pyridine rings is 1. The second-order valence-corrected chi connectivity index (χ2v) is 11.2. The van der Waals surface area contributed by atoms with Gasteiger partial charge in [0.15, 0.2) is 0 Å². The van der Waals surface area contributed by atoms with Gasteiger partial charge in [-0.05, 0) is 72.4 Å². The third-order valence-electron chi connectivity index (χ3n) is 6.70. The maximum absolute atomic E-state index is 13.3. The highest BCUT2D eigenvalue weighted by atomic mass is 32.2. The topological polar surface area (TPSA) is 112 Å². The number of rotatable bonds is 5. The highest BCUT2D eigenvalue weighted by Gasteiger charge is 2.35. The van der Waals surface area contributed by atoms with Gasteiger partial charge in [0.05, 0.1) is 17.0 Å². The molecule has 0 unspecified atom stereocenters. The van der Waals surface area contributed by atoms with Crippen LogP contribution in [0.1, 0.15) is 33.5 Å². The molecule has 182 valence electrons. The van der Waals surface area contributed by atoms with Crippen LogP contribution in [0.3, 0.4) is 0 Å². The molecular formula is C26H28N4O4S. The number of fused-ring (bicyclic) bond motifs is 1. The number of benzene rings is 2. The first-order valence-corrected chi connectivity index (χ1v) is 13.1. The molecular weight excluding hydrogens is 464 g/mol. The number of hydrogen-bond acceptors (Lipinski definition) is 6. The van der Waals surface area contributed by atoms with Gasteiger partial charge < -0.3 is 15.7 Å². The fraction of sp³-hybridized carbons (Fsp3) is 0.308. The van der Waals surface area contributed by atoms with E-state index in [2.05, 4.69) is 15.6 Å². The van der Waals surface area contributed by atoms with Crippen LogP contribution in [0.15, 0.2) is 59.6 Å². The van der Waals surface area contributed by atoms with Gasteiger partial charge in [0.25, 0.3) is 5.91 Å². The van der Waals surface area contributed by atoms with Gasteiger partial charge in [-0.3, -0.25) is 4.79 Å². The van der Waals surface area contributed by atoms with Gasteiger partial charge in [-0.1, -0.05) is 24.3 Å². The molecule has 1 saturated heterocycles. The van der Waals surface area contributed by atoms with Gasteiger partial charge in [-0.2, -0.15) is 4.31 Å². The van der Waals surface area contributed by atoms with Gasteiger partial charge in [-0.25, -0.2) is 13.4 Å². The lowest BCUT2D eigenvalue weighted by molar-refractivity contribution is 0.0949. The van der Waals surface area contributed by atoms with E-state index < -0.39 is 16.1 Å². The zero-order chi connectivity index (χ0) is 24.7. The molecule has 2 aliphatic rings. The maximum atomic E-state index is 13.3. The van der Waals surface area contributed by atoms with Gasteiger partial charge in [-0.15, -0.1) is 0 Å². The number of β-amino-alcohol motifs (C(OH)–C–C–N with tert-alkyl or cyclic N) is 1. The molecule has 1 aromatic heterocycles. The summed E-state index contributed by atoms with van der Waals surface area (Å²) >= 11 is 0. The second-order valence-electron chi connectivity index (χ2n) is 9.23. The quantitative estimate of drug-likeness (QED) is 0.505. The van der Waals surface area contributed by atoms with E-state index in [1.54, 1.807) is 30.5 Å². The first-order valence-electron chi connectivity index (χ1n) is 11.6. The Kier molecular flexibility index (Phi) is 6.08. The van der Waals surface area contributed by atoms with Crippen molar-refractivity contribution in [2.75, 3.05) is 18.4 Å². The first kappa shape index (κ1) is 23.5. The summed E-state index contributed by atoms with van der Waals surface area (Å²) in [5, 5.41) is 16.7. The zero-order valence-corrected chi connectivity index (χ0v) is 20.5. The van der Waals surface area contributed by atoms with Crippen molar-refractivity contribution in [3.63, 3.8) is 0 Å². The average molecular weight is 493 g/mol. The van der Waals surface area contributed by atoms with Crippen molar-refractivity contribution >= 4 is 21.7 Å². The number of anilines is 1. The van der Waals surface area contributed by atoms with Crippen molar-refractivity contribution in [2.45, 2.75) is 43.9 Å². The molecule has 2 atom stereocenters. The number of piperidine rings is 1. The summed E-state index contributed by atoms with van der Waals surface area (Å²) in [5.74, 6) is 0.607. The van der Waals surface area contributed by atoms with E-state index in [1.807, 2.05) is 38.1 Å². The molecule has 1 amide bonds. The lowest BCUT2D eigenvalue weighted by Crippen LogP contribution is -2.51. The maximum Gasteiger partial charge on any atom is 0.252 e. The van der Waals surface area contributed by atoms with Crippen LogP contribution < -0.4 is 10.6 Å². The highest BCUT2D eigenvalue weighted by molar-refractivity contribution is 7.89. The molecule has 2 aliphatic heterocycles. The monoisotopic (exact) mass is 492 g/mol. The van der Waals surface area contributed by atoms with Gasteiger partial charge in [0, 0.05) is 31.4 Å². The number of aromatic nitrogens is 1. The van der Waals surface area contributed by atoms with Crippen molar-refractivity contribution < 1.29 is 18.3 Å². The minimum atomic E-state index is -3.75. The molecule has 35 heavy (non-hydrogen) atoms. The highest BCUT2D eigenvalue weighted by Crippen LogP contribution is 2.30. The molecule has 3 aromatic rings. The minimum Gasteiger partial charge on any atom is -0.390 e. The Bertz CT molecular complexity index is 1370. The number of hydrogen-bond donors (Lipinski definition) is 3. The number of nitrogens with zero attached hydrogens (tertiary/aromatic N) is 2. The van der Waals surface area contributed by atoms with E-state index in [1.165, 1.54) is 4.31 Å². The summed E-state index contributed by atoms with van der Waals surface area (Å²) in [7, 11) is -3.75. The van der Waals surface area contributed by atoms with Gasteiger partial charge in [0.2, 0.25) is 10.0 Å². The number of nitrogens with one attached hydrogen (secondary N) is 2. The third-order valence-corrected chi connectivity index (χ3v) is 8.58. The Morgan fingerprint density at radius 3 is 2.54 bits per heavy atom. The molecule has 0 saturated carbocycles. The number of aliphatic hydroxyl groups is 1. The Labute approximate surface area is 205 Å². The fourth-order valence-corrected chi connectivity index (χ4v) is 6.23. The van der Waals surface area contributed by atoms with Gasteiger partial charge >= 0.3 is 0 Å². The van der Waals surface area contributed by atoms with E-state index >= 15 is 0 Å². The number of aliphatic hydroxyl groups excluding tert-OH is 1. The van der Waals surface area contributed by atoms with Crippen LogP contribution in [0.4, 0.5) is 5.82 Å². The first-order chi connectivity index (χ1) is 16.7. The number of carbonyl (C=O) groups excluding carboxylic acids is 1. The SMILES string of the molecule is Cc1ccc(N[C@@H]2CCN(S(=O)(=O)c3ccc(-c4cc(C)c5c(c4)CNC5=O)cc3)C[C@@H]2O)nc1. The summed E-state index contributed by atoms with van der Waals surface area (Å²) in [6.07, 6.45) is 1.36. The Morgan fingerprint density at radius 1 is 1.09 bits per heavy atom. The normalized spacial score (nSPS) is 20.4. The van der Waals surface area contributed by atoms with E-state index in [4.69, 9.17) is 0 Å². The van der Waals surface area contributed by atoms with E-state index in [0.717, 1.165) is 33.4 Å². The van der Waals surface area contributed by atoms with Crippen LogP contribution >= 0.6 is 0 Å². The Morgan fingerprint density at radius 2 is 1.86 bits per heavy atom. The zero-order valence-electron chi connectivity index (χ0n) is 19.7. The summed E-state index contributed by atoms with van der Waals surface area (Å²) < 4.78 is 27.9. The molecule has 5 rings (SSSR count). The molecule has 0 spiro atoms. The van der Waals surface area contributed by atoms with Crippen molar-refractivity contribution in [1.82, 2.24) is 14.6 Å². The predicted octanol–water partition coefficient (Wildman–Crippen LogP) is 2.84. The fourth-order valence-electron chi connectivity index (χ4n) is 4.76. The van der Waals surface area contributed by atoms with Crippen molar-refractivity contribution in [1.29, 1.82) is 0 Å². The summed E-state index contributed by atoms with van der Waals surface area (Å²) in [6, 6.07) is 14.2. The number of carbonyl (C=O) groups is 1. The molecule has 0 radical (unpaired) electrons. The van der Waals surface area contributed by atoms with Crippen LogP contribution in [0.5, 0.6) is 0 Å². The smallest absolute Gasteiger partial charge is 0.252 e. The molecule has 2 aromatic carbocycles. The molecule has 0 bridgehead atoms. The molecule has 3 heterocycles. The average Bonchev–Trinajstić information content (AvgIpc) is 3.23. The predicted molar refractivity (Wildman–Crippen MR) is 134 cm³/mol. The Hall–Kier alpha value is -3.27. The largest absolute Gasteiger partial charge is 0.390 e. The number of aryl methyl sites for hydroxylation is 2. The van der Waals surface area contributed by atoms with E-state index in [-0.39, 0.29) is 23.4 Å². The van der Waals surface area contributed by atoms with Crippen molar-refractivity contribution in [3.05, 3.63) is 77.0 Å². The minimum absolute atomic E-state index is 0.0126. The Balaban J connectivity index is 1.29. The lowest BCUT2D eigenvalue weighted by Gasteiger charge is -2.35. The van der Waals surface area contributed by atoms with Crippen LogP contribution in [-0.4, -0.2) is 54.0 Å². The summed E-state index contributed by atoms with van der Waals surface area (Å²) in [5.41, 5.74) is 5.43. The van der Waals surface area contributed by atoms with E-state index in [9.17, 15) is 18.3 Å². The van der Waals surface area contributed by atoms with Crippen LogP contribution in [0.2, 0.25) is 0 Å². The molecule has 3 N–H and O–H groups in total. The summed E-state index contributed by atoms with van der Waals surface area (Å²) in [6.45, 7) is 4.68. The molecule has 9 heteroatoms. The number of sulfonamides is 1. The van der Waals surface area contributed by atoms with Crippen LogP contribution in [0.25, 0.3) is 11.1 Å². The lowest BCUT2D eigenvalue weighted by atomic mass is 9.96. The van der Waals surface area contributed by atoms with E-state index in [0.29, 0.717) is 25.3 Å². The van der Waals surface area contributed by atoms with Crippen LogP contribution in [0, 0.1) is 13.8 Å². The second kappa shape index (κ2) is 9.07. The van der Waals surface area contributed by atoms with Gasteiger partial charge in [0.1, 0.15) is 5.82 Å². The van der Waals surface area contributed by atoms with Crippen LogP contribution in [-0.2, 0) is 16.6 Å².